The fourth-order valence-corrected chi connectivity index (χ4v) is 3.00. The molecule has 1 heterocycles. The number of nitrogens with one attached hydrogen (secondary N) is 1. The molecule has 0 saturated carbocycles. The monoisotopic (exact) mass is 392 g/mol. The molecule has 0 aliphatic carbocycles. The van der Waals surface area contributed by atoms with Gasteiger partial charge in [0.2, 0.25) is 11.8 Å². The van der Waals surface area contributed by atoms with Gasteiger partial charge in [-0.05, 0) is 36.8 Å². The summed E-state index contributed by atoms with van der Waals surface area (Å²) in [4.78, 5) is 26.3. The average Bonchev–Trinajstić information content (AvgIpc) is 2.98. The summed E-state index contributed by atoms with van der Waals surface area (Å²) in [6.45, 7) is 2.72. The van der Waals surface area contributed by atoms with Gasteiger partial charge in [-0.3, -0.25) is 9.59 Å². The maximum Gasteiger partial charge on any atom is 0.573 e. The van der Waals surface area contributed by atoms with Crippen molar-refractivity contribution in [3.63, 3.8) is 0 Å². The van der Waals surface area contributed by atoms with E-state index in [1.54, 1.807) is 4.90 Å². The van der Waals surface area contributed by atoms with Crippen LogP contribution < -0.4 is 10.1 Å². The molecule has 0 radical (unpaired) electrons. The molecule has 1 aliphatic rings. The Morgan fingerprint density at radius 3 is 2.39 bits per heavy atom. The van der Waals surface area contributed by atoms with Crippen LogP contribution in [-0.2, 0) is 16.1 Å². The summed E-state index contributed by atoms with van der Waals surface area (Å²) < 4.78 is 40.3. The van der Waals surface area contributed by atoms with Crippen molar-refractivity contribution in [1.29, 1.82) is 0 Å². The van der Waals surface area contributed by atoms with Crippen LogP contribution in [0.15, 0.2) is 48.5 Å². The van der Waals surface area contributed by atoms with Crippen LogP contribution in [0.25, 0.3) is 0 Å². The van der Waals surface area contributed by atoms with Gasteiger partial charge >= 0.3 is 6.36 Å². The molecule has 1 saturated heterocycles. The molecule has 3 rings (SSSR count). The van der Waals surface area contributed by atoms with Gasteiger partial charge in [-0.25, -0.2) is 0 Å². The first-order valence-corrected chi connectivity index (χ1v) is 8.69. The number of carbonyl (C=O) groups is 2. The normalized spacial score (nSPS) is 16.9. The summed E-state index contributed by atoms with van der Waals surface area (Å²) in [5.41, 5.74) is 2.45. The van der Waals surface area contributed by atoms with Gasteiger partial charge in [0, 0.05) is 25.2 Å². The molecule has 8 heteroatoms. The molecule has 28 heavy (non-hydrogen) atoms. The second kappa shape index (κ2) is 7.92. The fraction of sp³-hybridized carbons (Fsp3) is 0.300. The third kappa shape index (κ3) is 5.25. The number of ether oxygens (including phenoxy) is 1. The Balaban J connectivity index is 1.56. The number of hydrogen-bond acceptors (Lipinski definition) is 3. The van der Waals surface area contributed by atoms with Crippen LogP contribution in [0.4, 0.5) is 18.9 Å². The summed E-state index contributed by atoms with van der Waals surface area (Å²) in [5, 5.41) is 2.63. The van der Waals surface area contributed by atoms with Crippen molar-refractivity contribution in [2.75, 3.05) is 11.9 Å². The number of likely N-dealkylation sites (tertiary alicyclic amines) is 1. The minimum absolute atomic E-state index is 0.102. The largest absolute Gasteiger partial charge is 0.573 e. The van der Waals surface area contributed by atoms with Crippen LogP contribution in [0.3, 0.4) is 0 Å². The van der Waals surface area contributed by atoms with Crippen molar-refractivity contribution in [3.05, 3.63) is 59.7 Å². The van der Waals surface area contributed by atoms with E-state index in [1.807, 2.05) is 31.2 Å². The van der Waals surface area contributed by atoms with Crippen LogP contribution in [-0.4, -0.2) is 29.6 Å². The number of anilines is 1. The summed E-state index contributed by atoms with van der Waals surface area (Å²) in [5.74, 6) is -1.33. The van der Waals surface area contributed by atoms with E-state index in [0.29, 0.717) is 18.8 Å². The number of nitrogens with zero attached hydrogens (tertiary/aromatic N) is 1. The summed E-state index contributed by atoms with van der Waals surface area (Å²) in [6, 6.07) is 12.7. The number of hydrogen-bond donors (Lipinski definition) is 1. The molecule has 1 fully saturated rings. The lowest BCUT2D eigenvalue weighted by molar-refractivity contribution is -0.274. The smallest absolute Gasteiger partial charge is 0.406 e. The van der Waals surface area contributed by atoms with Gasteiger partial charge in [0.25, 0.3) is 0 Å². The molecular formula is C20H19F3N2O3. The second-order valence-electron chi connectivity index (χ2n) is 6.72. The lowest BCUT2D eigenvalue weighted by Gasteiger charge is -2.17. The predicted molar refractivity (Wildman–Crippen MR) is 96.5 cm³/mol. The highest BCUT2D eigenvalue weighted by molar-refractivity contribution is 5.97. The van der Waals surface area contributed by atoms with Gasteiger partial charge in [0.15, 0.2) is 0 Å². The van der Waals surface area contributed by atoms with Crippen molar-refractivity contribution in [1.82, 2.24) is 4.90 Å². The molecule has 2 aromatic carbocycles. The van der Waals surface area contributed by atoms with Gasteiger partial charge in [-0.1, -0.05) is 29.8 Å². The highest BCUT2D eigenvalue weighted by atomic mass is 19.4. The molecular weight excluding hydrogens is 373 g/mol. The molecule has 0 bridgehead atoms. The molecule has 2 amide bonds. The molecule has 2 aromatic rings. The van der Waals surface area contributed by atoms with E-state index in [-0.39, 0.29) is 24.0 Å². The van der Waals surface area contributed by atoms with E-state index in [1.165, 1.54) is 12.1 Å². The van der Waals surface area contributed by atoms with Crippen molar-refractivity contribution in [2.24, 2.45) is 5.92 Å². The molecule has 1 aliphatic heterocycles. The Morgan fingerprint density at radius 2 is 1.79 bits per heavy atom. The van der Waals surface area contributed by atoms with Gasteiger partial charge in [-0.15, -0.1) is 13.2 Å². The van der Waals surface area contributed by atoms with Crippen molar-refractivity contribution < 1.29 is 27.5 Å². The van der Waals surface area contributed by atoms with Crippen molar-refractivity contribution >= 4 is 17.5 Å². The Kier molecular flexibility index (Phi) is 5.58. The van der Waals surface area contributed by atoms with Crippen LogP contribution >= 0.6 is 0 Å². The van der Waals surface area contributed by atoms with Gasteiger partial charge in [-0.2, -0.15) is 0 Å². The first-order chi connectivity index (χ1) is 13.2. The number of amides is 2. The number of alkyl halides is 3. The number of halogens is 3. The number of carbonyl (C=O) groups excluding carboxylic acids is 2. The SMILES string of the molecule is Cc1ccc(CN2C[C@@H](C(=O)Nc3ccc(OC(F)(F)F)cc3)CC2=O)cc1. The molecule has 0 aromatic heterocycles. The Bertz CT molecular complexity index is 848. The average molecular weight is 392 g/mol. The summed E-state index contributed by atoms with van der Waals surface area (Å²) >= 11 is 0. The Morgan fingerprint density at radius 1 is 1.14 bits per heavy atom. The summed E-state index contributed by atoms with van der Waals surface area (Å²) in [7, 11) is 0. The van der Waals surface area contributed by atoms with E-state index in [4.69, 9.17) is 0 Å². The van der Waals surface area contributed by atoms with Crippen molar-refractivity contribution in [2.45, 2.75) is 26.3 Å². The van der Waals surface area contributed by atoms with E-state index >= 15 is 0 Å². The predicted octanol–water partition coefficient (Wildman–Crippen LogP) is 3.88. The van der Waals surface area contributed by atoms with Crippen LogP contribution in [0.1, 0.15) is 17.5 Å². The lowest BCUT2D eigenvalue weighted by Crippen LogP contribution is -2.28. The third-order valence-corrected chi connectivity index (χ3v) is 4.43. The molecule has 0 unspecified atom stereocenters. The summed E-state index contributed by atoms with van der Waals surface area (Å²) in [6.07, 6.45) is -4.66. The van der Waals surface area contributed by atoms with E-state index < -0.39 is 12.3 Å². The van der Waals surface area contributed by atoms with Gasteiger partial charge in [0.05, 0.1) is 5.92 Å². The quantitative estimate of drug-likeness (QED) is 0.840. The zero-order valence-corrected chi connectivity index (χ0v) is 15.1. The third-order valence-electron chi connectivity index (χ3n) is 4.43. The van der Waals surface area contributed by atoms with Crippen molar-refractivity contribution in [3.8, 4) is 5.75 Å². The topological polar surface area (TPSA) is 58.6 Å². The van der Waals surface area contributed by atoms with E-state index in [9.17, 15) is 22.8 Å². The second-order valence-corrected chi connectivity index (χ2v) is 6.72. The molecule has 1 N–H and O–H groups in total. The number of benzene rings is 2. The highest BCUT2D eigenvalue weighted by Crippen LogP contribution is 2.25. The molecule has 0 spiro atoms. The zero-order valence-electron chi connectivity index (χ0n) is 15.1. The maximum atomic E-state index is 12.4. The van der Waals surface area contributed by atoms with Crippen LogP contribution in [0.2, 0.25) is 0 Å². The van der Waals surface area contributed by atoms with Crippen LogP contribution in [0.5, 0.6) is 5.75 Å². The lowest BCUT2D eigenvalue weighted by atomic mass is 10.1. The first kappa shape index (κ1) is 19.7. The zero-order chi connectivity index (χ0) is 20.3. The van der Waals surface area contributed by atoms with E-state index in [0.717, 1.165) is 23.3 Å². The Labute approximate surface area is 160 Å². The minimum Gasteiger partial charge on any atom is -0.406 e. The fourth-order valence-electron chi connectivity index (χ4n) is 3.00. The number of rotatable bonds is 5. The number of aryl methyl sites for hydroxylation is 1. The molecule has 148 valence electrons. The van der Waals surface area contributed by atoms with Gasteiger partial charge < -0.3 is 15.0 Å². The molecule has 5 nitrogen and oxygen atoms in total. The highest BCUT2D eigenvalue weighted by Gasteiger charge is 2.34. The van der Waals surface area contributed by atoms with Crippen LogP contribution in [0, 0.1) is 12.8 Å². The van der Waals surface area contributed by atoms with E-state index in [2.05, 4.69) is 10.1 Å². The Hall–Kier alpha value is -3.03. The molecule has 1 atom stereocenters. The maximum absolute atomic E-state index is 12.4. The minimum atomic E-state index is -4.77. The van der Waals surface area contributed by atoms with Gasteiger partial charge in [0.1, 0.15) is 5.75 Å². The standard InChI is InChI=1S/C20H19F3N2O3/c1-13-2-4-14(5-3-13)11-25-12-15(10-18(25)26)19(27)24-16-6-8-17(9-7-16)28-20(21,22)23/h2-9,15H,10-12H2,1H3,(H,24,27)/t15-/m0/s1. The first-order valence-electron chi connectivity index (χ1n) is 8.69.